The third kappa shape index (κ3) is 2.75. The molecule has 2 aliphatic carbocycles. The fourth-order valence-corrected chi connectivity index (χ4v) is 4.43. The molecule has 18 heavy (non-hydrogen) atoms. The van der Waals surface area contributed by atoms with Crippen molar-refractivity contribution < 1.29 is 4.74 Å². The van der Waals surface area contributed by atoms with Crippen molar-refractivity contribution in [3.63, 3.8) is 0 Å². The first-order valence-corrected chi connectivity index (χ1v) is 8.04. The maximum atomic E-state index is 6.71. The van der Waals surface area contributed by atoms with Gasteiger partial charge in [-0.2, -0.15) is 0 Å². The van der Waals surface area contributed by atoms with E-state index in [1.54, 1.807) is 0 Å². The number of hydrogen-bond acceptors (Lipinski definition) is 2. The molecule has 0 aromatic carbocycles. The Bertz CT molecular complexity index is 247. The SMILES string of the molecule is CCC1CCCCC1C(N)C1(OC)CCCCC1. The highest BCUT2D eigenvalue weighted by Gasteiger charge is 2.44. The zero-order valence-electron chi connectivity index (χ0n) is 12.3. The molecule has 2 aliphatic rings. The van der Waals surface area contributed by atoms with Gasteiger partial charge in [0.25, 0.3) is 0 Å². The summed E-state index contributed by atoms with van der Waals surface area (Å²) in [6.07, 6.45) is 13.1. The van der Waals surface area contributed by atoms with Gasteiger partial charge in [0.1, 0.15) is 0 Å². The van der Waals surface area contributed by atoms with Crippen molar-refractivity contribution in [1.29, 1.82) is 0 Å². The van der Waals surface area contributed by atoms with Gasteiger partial charge in [0.05, 0.1) is 5.60 Å². The van der Waals surface area contributed by atoms with Crippen molar-refractivity contribution in [2.24, 2.45) is 17.6 Å². The van der Waals surface area contributed by atoms with Crippen LogP contribution in [0.3, 0.4) is 0 Å². The van der Waals surface area contributed by atoms with Crippen molar-refractivity contribution >= 4 is 0 Å². The second-order valence-corrected chi connectivity index (χ2v) is 6.47. The molecule has 2 nitrogen and oxygen atoms in total. The maximum Gasteiger partial charge on any atom is 0.0831 e. The van der Waals surface area contributed by atoms with E-state index in [0.717, 1.165) is 5.92 Å². The van der Waals surface area contributed by atoms with Crippen LogP contribution in [0.4, 0.5) is 0 Å². The van der Waals surface area contributed by atoms with Gasteiger partial charge in [-0.1, -0.05) is 51.9 Å². The van der Waals surface area contributed by atoms with Crippen molar-refractivity contribution in [1.82, 2.24) is 0 Å². The monoisotopic (exact) mass is 253 g/mol. The van der Waals surface area contributed by atoms with Crippen LogP contribution in [0, 0.1) is 11.8 Å². The molecular weight excluding hydrogens is 222 g/mol. The molecule has 0 saturated heterocycles. The van der Waals surface area contributed by atoms with Gasteiger partial charge in [0.15, 0.2) is 0 Å². The van der Waals surface area contributed by atoms with E-state index >= 15 is 0 Å². The van der Waals surface area contributed by atoms with Crippen LogP contribution in [0.1, 0.15) is 71.1 Å². The summed E-state index contributed by atoms with van der Waals surface area (Å²) in [5.41, 5.74) is 6.70. The summed E-state index contributed by atoms with van der Waals surface area (Å²) < 4.78 is 5.96. The molecule has 2 fully saturated rings. The van der Waals surface area contributed by atoms with Crippen LogP contribution >= 0.6 is 0 Å². The standard InChI is InChI=1S/C16H31NO/c1-3-13-9-5-6-10-14(13)15(17)16(18-2)11-7-4-8-12-16/h13-15H,3-12,17H2,1-2H3. The van der Waals surface area contributed by atoms with E-state index in [9.17, 15) is 0 Å². The molecule has 3 atom stereocenters. The van der Waals surface area contributed by atoms with Gasteiger partial charge in [-0.25, -0.2) is 0 Å². The second kappa shape index (κ2) is 6.38. The molecule has 0 aromatic rings. The zero-order valence-corrected chi connectivity index (χ0v) is 12.3. The molecule has 0 aliphatic heterocycles. The van der Waals surface area contributed by atoms with Crippen molar-refractivity contribution in [3.05, 3.63) is 0 Å². The number of nitrogens with two attached hydrogens (primary N) is 1. The summed E-state index contributed by atoms with van der Waals surface area (Å²) in [4.78, 5) is 0. The predicted molar refractivity (Wildman–Crippen MR) is 76.5 cm³/mol. The predicted octanol–water partition coefficient (Wildman–Crippen LogP) is 3.88. The normalized spacial score (nSPS) is 34.2. The molecule has 0 bridgehead atoms. The summed E-state index contributed by atoms with van der Waals surface area (Å²) in [5, 5.41) is 0. The highest BCUT2D eigenvalue weighted by atomic mass is 16.5. The molecule has 2 rings (SSSR count). The Kier molecular flexibility index (Phi) is 5.08. The van der Waals surface area contributed by atoms with Crippen LogP contribution in [-0.2, 0) is 4.74 Å². The van der Waals surface area contributed by atoms with Gasteiger partial charge in [0, 0.05) is 13.2 Å². The van der Waals surface area contributed by atoms with Gasteiger partial charge in [-0.3, -0.25) is 0 Å². The molecule has 2 heteroatoms. The summed E-state index contributed by atoms with van der Waals surface area (Å²) in [6, 6.07) is 0.257. The first-order valence-electron chi connectivity index (χ1n) is 8.04. The van der Waals surface area contributed by atoms with Crippen molar-refractivity contribution in [3.8, 4) is 0 Å². The lowest BCUT2D eigenvalue weighted by Crippen LogP contribution is -2.56. The quantitative estimate of drug-likeness (QED) is 0.825. The second-order valence-electron chi connectivity index (χ2n) is 6.47. The molecule has 3 unspecified atom stereocenters. The van der Waals surface area contributed by atoms with Gasteiger partial charge in [-0.15, -0.1) is 0 Å². The molecule has 0 radical (unpaired) electrons. The molecule has 0 amide bonds. The maximum absolute atomic E-state index is 6.71. The summed E-state index contributed by atoms with van der Waals surface area (Å²) >= 11 is 0. The Morgan fingerprint density at radius 1 is 1.11 bits per heavy atom. The topological polar surface area (TPSA) is 35.2 Å². The molecule has 2 saturated carbocycles. The minimum atomic E-state index is -0.00627. The lowest BCUT2D eigenvalue weighted by molar-refractivity contribution is -0.0817. The van der Waals surface area contributed by atoms with Crippen LogP contribution in [0.5, 0.6) is 0 Å². The smallest absolute Gasteiger partial charge is 0.0831 e. The van der Waals surface area contributed by atoms with Crippen LogP contribution < -0.4 is 5.73 Å². The zero-order chi connectivity index (χ0) is 13.0. The number of methoxy groups -OCH3 is 1. The van der Waals surface area contributed by atoms with Gasteiger partial charge in [0.2, 0.25) is 0 Å². The van der Waals surface area contributed by atoms with Gasteiger partial charge >= 0.3 is 0 Å². The Labute approximate surface area is 113 Å². The highest BCUT2D eigenvalue weighted by molar-refractivity contribution is 4.99. The third-order valence-electron chi connectivity index (χ3n) is 5.67. The van der Waals surface area contributed by atoms with Crippen molar-refractivity contribution in [2.75, 3.05) is 7.11 Å². The van der Waals surface area contributed by atoms with E-state index in [4.69, 9.17) is 10.5 Å². The highest BCUT2D eigenvalue weighted by Crippen LogP contribution is 2.42. The Hall–Kier alpha value is -0.0800. The molecule has 0 aromatic heterocycles. The van der Waals surface area contributed by atoms with E-state index < -0.39 is 0 Å². The molecule has 106 valence electrons. The van der Waals surface area contributed by atoms with Crippen LogP contribution in [0.2, 0.25) is 0 Å². The van der Waals surface area contributed by atoms with Crippen LogP contribution in [0.25, 0.3) is 0 Å². The largest absolute Gasteiger partial charge is 0.377 e. The minimum Gasteiger partial charge on any atom is -0.377 e. The molecular formula is C16H31NO. The lowest BCUT2D eigenvalue weighted by Gasteiger charge is -2.47. The van der Waals surface area contributed by atoms with E-state index in [-0.39, 0.29) is 11.6 Å². The number of ether oxygens (including phenoxy) is 1. The average Bonchev–Trinajstić information content (AvgIpc) is 2.47. The number of hydrogen-bond donors (Lipinski definition) is 1. The lowest BCUT2D eigenvalue weighted by atomic mass is 9.66. The third-order valence-corrected chi connectivity index (χ3v) is 5.67. The van der Waals surface area contributed by atoms with E-state index in [1.165, 1.54) is 64.2 Å². The van der Waals surface area contributed by atoms with E-state index in [2.05, 4.69) is 6.92 Å². The Morgan fingerprint density at radius 3 is 2.39 bits per heavy atom. The van der Waals surface area contributed by atoms with Crippen molar-refractivity contribution in [2.45, 2.75) is 82.8 Å². The fraction of sp³-hybridized carbons (Fsp3) is 1.00. The van der Waals surface area contributed by atoms with E-state index in [1.807, 2.05) is 7.11 Å². The van der Waals surface area contributed by atoms with E-state index in [0.29, 0.717) is 5.92 Å². The first kappa shape index (κ1) is 14.3. The van der Waals surface area contributed by atoms with Gasteiger partial charge in [-0.05, 0) is 31.1 Å². The molecule has 0 spiro atoms. The molecule has 2 N–H and O–H groups in total. The first-order chi connectivity index (χ1) is 8.73. The number of rotatable bonds is 4. The summed E-state index contributed by atoms with van der Waals surface area (Å²) in [5.74, 6) is 1.53. The van der Waals surface area contributed by atoms with Crippen LogP contribution in [0.15, 0.2) is 0 Å². The Balaban J connectivity index is 2.08. The summed E-state index contributed by atoms with van der Waals surface area (Å²) in [7, 11) is 1.88. The molecule has 0 heterocycles. The summed E-state index contributed by atoms with van der Waals surface area (Å²) in [6.45, 7) is 2.33. The average molecular weight is 253 g/mol. The minimum absolute atomic E-state index is 0.00627. The van der Waals surface area contributed by atoms with Crippen LogP contribution in [-0.4, -0.2) is 18.8 Å². The fourth-order valence-electron chi connectivity index (χ4n) is 4.43. The van der Waals surface area contributed by atoms with Gasteiger partial charge < -0.3 is 10.5 Å². The Morgan fingerprint density at radius 2 is 1.78 bits per heavy atom.